The summed E-state index contributed by atoms with van der Waals surface area (Å²) in [4.78, 5) is 58.5. The van der Waals surface area contributed by atoms with Crippen LogP contribution in [-0.2, 0) is 55.8 Å². The van der Waals surface area contributed by atoms with E-state index in [0.717, 1.165) is 154 Å². The number of esters is 3. The molecule has 0 radical (unpaired) electrons. The minimum atomic E-state index is -4.94. The van der Waals surface area contributed by atoms with Gasteiger partial charge in [0.25, 0.3) is 0 Å². The second kappa shape index (κ2) is 75.4. The molecular weight excluding hydrogens is 1310 g/mol. The van der Waals surface area contributed by atoms with Crippen molar-refractivity contribution in [2.45, 2.75) is 334 Å². The minimum absolute atomic E-state index is 0.0806. The van der Waals surface area contributed by atoms with E-state index < -0.39 is 91.5 Å². The third-order valence-electron chi connectivity index (χ3n) is 16.3. The van der Waals surface area contributed by atoms with Gasteiger partial charge in [-0.3, -0.25) is 32.5 Å². The summed E-state index contributed by atoms with van der Waals surface area (Å²) in [6.45, 7) is 2.34. The van der Waals surface area contributed by atoms with Crippen molar-refractivity contribution in [3.8, 4) is 0 Å². The van der Waals surface area contributed by atoms with E-state index in [4.69, 9.17) is 32.3 Å². The van der Waals surface area contributed by atoms with Crippen LogP contribution in [0.5, 0.6) is 0 Å². The standard InChI is InChI=1S/C83H142O16P2/c1-4-7-10-13-16-19-22-25-27-29-30-31-32-33-34-35-36-37-38-39-40-41-42-43-44-45-46-48-50-52-54-57-60-63-66-69-81(86)93-72-78(84)73-95-100(89,90)96-74-79(85)75-97-101(91,92)98-77-80(99-83(88)71-68-65-62-59-56-51-24-21-18-15-12-9-6-3)76-94-82(87)70-67-64-61-58-55-53-49-47-28-26-23-20-17-14-11-8-5-2/h7-8,10-12,15-17,19-21,24-28,30-31,33-34,49,53,78-80,84-85H,4-6,9,13-14,18,22-23,29,32,35-48,50-52,54-77H2,1-3H3,(H,89,90)(H,91,92)/b10-7-,11-8-,15-12-,19-16-,20-17-,24-21-,27-25-,28-26-,31-30-,34-33-,53-49-. The summed E-state index contributed by atoms with van der Waals surface area (Å²) in [6.07, 6.45) is 91.1. The molecule has 580 valence electrons. The summed E-state index contributed by atoms with van der Waals surface area (Å²) in [6, 6.07) is 0. The number of phosphoric ester groups is 2. The Hall–Kier alpha value is -4.31. The number of phosphoric acid groups is 2. The first-order chi connectivity index (χ1) is 49.2. The van der Waals surface area contributed by atoms with Crippen LogP contribution in [0.3, 0.4) is 0 Å². The van der Waals surface area contributed by atoms with Crippen LogP contribution in [0.4, 0.5) is 0 Å². The highest BCUT2D eigenvalue weighted by molar-refractivity contribution is 7.47. The molecule has 0 bridgehead atoms. The smallest absolute Gasteiger partial charge is 0.463 e. The van der Waals surface area contributed by atoms with Crippen molar-refractivity contribution in [3.05, 3.63) is 134 Å². The van der Waals surface area contributed by atoms with Crippen molar-refractivity contribution in [1.82, 2.24) is 0 Å². The molecule has 0 rings (SSSR count). The van der Waals surface area contributed by atoms with Gasteiger partial charge in [-0.1, -0.05) is 302 Å². The molecule has 0 aliphatic rings. The largest absolute Gasteiger partial charge is 0.472 e. The Labute approximate surface area is 614 Å². The van der Waals surface area contributed by atoms with Gasteiger partial charge in [-0.15, -0.1) is 0 Å². The quantitative estimate of drug-likeness (QED) is 0.0146. The van der Waals surface area contributed by atoms with E-state index in [1.807, 2.05) is 0 Å². The van der Waals surface area contributed by atoms with Crippen molar-refractivity contribution < 1.29 is 75.8 Å². The average molecular weight is 1460 g/mol. The fraction of sp³-hybridized carbons (Fsp3) is 0.699. The van der Waals surface area contributed by atoms with E-state index in [-0.39, 0.29) is 19.3 Å². The molecule has 0 heterocycles. The lowest BCUT2D eigenvalue weighted by Gasteiger charge is -2.21. The van der Waals surface area contributed by atoms with Crippen molar-refractivity contribution in [2.24, 2.45) is 0 Å². The molecule has 4 N–H and O–H groups in total. The molecule has 0 fully saturated rings. The maximum Gasteiger partial charge on any atom is 0.472 e. The second-order valence-electron chi connectivity index (χ2n) is 26.1. The van der Waals surface area contributed by atoms with E-state index in [9.17, 15) is 43.5 Å². The fourth-order valence-corrected chi connectivity index (χ4v) is 12.0. The molecule has 0 saturated carbocycles. The van der Waals surface area contributed by atoms with Crippen LogP contribution in [-0.4, -0.2) is 95.9 Å². The second-order valence-corrected chi connectivity index (χ2v) is 29.0. The van der Waals surface area contributed by atoms with E-state index in [1.165, 1.54) is 103 Å². The van der Waals surface area contributed by atoms with E-state index >= 15 is 0 Å². The highest BCUT2D eigenvalue weighted by Gasteiger charge is 2.29. The fourth-order valence-electron chi connectivity index (χ4n) is 10.4. The Bertz CT molecular complexity index is 2370. The zero-order valence-corrected chi connectivity index (χ0v) is 65.1. The molecule has 0 aromatic carbocycles. The molecule has 0 aromatic rings. The maximum absolute atomic E-state index is 12.9. The predicted octanol–water partition coefficient (Wildman–Crippen LogP) is 23.1. The van der Waals surface area contributed by atoms with Gasteiger partial charge in [0.05, 0.1) is 26.4 Å². The molecule has 101 heavy (non-hydrogen) atoms. The van der Waals surface area contributed by atoms with Gasteiger partial charge >= 0.3 is 33.6 Å². The molecule has 0 saturated heterocycles. The predicted molar refractivity (Wildman–Crippen MR) is 417 cm³/mol. The molecule has 16 nitrogen and oxygen atoms in total. The Morgan fingerprint density at radius 2 is 0.525 bits per heavy atom. The number of hydrogen-bond donors (Lipinski definition) is 4. The van der Waals surface area contributed by atoms with E-state index in [1.54, 1.807) is 0 Å². The third-order valence-corrected chi connectivity index (χ3v) is 18.2. The van der Waals surface area contributed by atoms with Crippen molar-refractivity contribution in [2.75, 3.05) is 39.6 Å². The van der Waals surface area contributed by atoms with Crippen molar-refractivity contribution in [3.63, 3.8) is 0 Å². The Morgan fingerprint density at radius 3 is 0.832 bits per heavy atom. The average Bonchev–Trinajstić information content (AvgIpc) is 0.940. The van der Waals surface area contributed by atoms with Gasteiger partial charge in [-0.2, -0.15) is 0 Å². The first-order valence-electron chi connectivity index (χ1n) is 39.5. The zero-order chi connectivity index (χ0) is 73.7. The Balaban J connectivity index is 4.36. The molecule has 5 unspecified atom stereocenters. The van der Waals surface area contributed by atoms with Gasteiger partial charge in [0.15, 0.2) is 6.10 Å². The number of rotatable bonds is 74. The minimum Gasteiger partial charge on any atom is -0.463 e. The summed E-state index contributed by atoms with van der Waals surface area (Å²) in [5, 5.41) is 20.6. The lowest BCUT2D eigenvalue weighted by atomic mass is 10.0. The lowest BCUT2D eigenvalue weighted by molar-refractivity contribution is -0.161. The van der Waals surface area contributed by atoms with Crippen LogP contribution >= 0.6 is 15.6 Å². The monoisotopic (exact) mass is 1460 g/mol. The summed E-state index contributed by atoms with van der Waals surface area (Å²) in [7, 11) is -9.79. The van der Waals surface area contributed by atoms with Gasteiger partial charge < -0.3 is 34.2 Å². The van der Waals surface area contributed by atoms with Gasteiger partial charge in [0, 0.05) is 19.3 Å². The number of carbonyl (C=O) groups is 3. The maximum atomic E-state index is 12.9. The molecule has 0 aliphatic heterocycles. The molecule has 0 amide bonds. The number of hydrogen-bond acceptors (Lipinski definition) is 14. The van der Waals surface area contributed by atoms with Crippen molar-refractivity contribution >= 4 is 33.6 Å². The first-order valence-corrected chi connectivity index (χ1v) is 42.5. The molecule has 18 heteroatoms. The molecule has 0 spiro atoms. The third kappa shape index (κ3) is 76.6. The normalized spacial score (nSPS) is 14.7. The number of aliphatic hydroxyl groups is 2. The van der Waals surface area contributed by atoms with Crippen LogP contribution in [0.2, 0.25) is 0 Å². The molecular formula is C83H142O16P2. The van der Waals surface area contributed by atoms with Crippen LogP contribution in [0.25, 0.3) is 0 Å². The molecule has 0 aromatic heterocycles. The van der Waals surface area contributed by atoms with Crippen LogP contribution < -0.4 is 0 Å². The Morgan fingerprint density at radius 1 is 0.287 bits per heavy atom. The Kier molecular flexibility index (Phi) is 72.2. The summed E-state index contributed by atoms with van der Waals surface area (Å²) >= 11 is 0. The summed E-state index contributed by atoms with van der Waals surface area (Å²) in [5.41, 5.74) is 0. The van der Waals surface area contributed by atoms with Gasteiger partial charge in [0.1, 0.15) is 25.4 Å². The highest BCUT2D eigenvalue weighted by atomic mass is 31.2. The highest BCUT2D eigenvalue weighted by Crippen LogP contribution is 2.45. The number of ether oxygens (including phenoxy) is 3. The zero-order valence-electron chi connectivity index (χ0n) is 63.3. The number of allylic oxidation sites excluding steroid dienone is 22. The summed E-state index contributed by atoms with van der Waals surface area (Å²) in [5.74, 6) is -1.62. The van der Waals surface area contributed by atoms with Crippen molar-refractivity contribution in [1.29, 1.82) is 0 Å². The number of carbonyl (C=O) groups excluding carboxylic acids is 3. The number of unbranched alkanes of at least 4 members (excludes halogenated alkanes) is 29. The van der Waals surface area contributed by atoms with E-state index in [2.05, 4.69) is 154 Å². The summed E-state index contributed by atoms with van der Waals surface area (Å²) < 4.78 is 61.0. The lowest BCUT2D eigenvalue weighted by Crippen LogP contribution is -2.30. The van der Waals surface area contributed by atoms with Gasteiger partial charge in [0.2, 0.25) is 0 Å². The van der Waals surface area contributed by atoms with Gasteiger partial charge in [-0.25, -0.2) is 9.13 Å². The molecule has 5 atom stereocenters. The number of aliphatic hydroxyl groups excluding tert-OH is 2. The first kappa shape index (κ1) is 96.7. The van der Waals surface area contributed by atoms with Crippen LogP contribution in [0.1, 0.15) is 316 Å². The molecule has 0 aliphatic carbocycles. The SMILES string of the molecule is CC/C=C\C/C=C\C/C=C\C/C=C\C/C=C\CCCCCCCCCCCCCCCCCCCCCC(=O)OCC(O)COP(=O)(O)OCC(O)COP(=O)(O)OCC(COC(=O)CCCCCC/C=C\C/C=C\C/C=C\C/C=C\CC)OC(=O)CCCCCCC/C=C\C/C=C\CCC. The topological polar surface area (TPSA) is 231 Å². The van der Waals surface area contributed by atoms with E-state index in [0.29, 0.717) is 19.3 Å². The van der Waals surface area contributed by atoms with Crippen LogP contribution in [0.15, 0.2) is 134 Å². The van der Waals surface area contributed by atoms with Gasteiger partial charge in [-0.05, 0) is 128 Å². The van der Waals surface area contributed by atoms with Crippen LogP contribution in [0, 0.1) is 0 Å².